The molecule has 0 radical (unpaired) electrons. The Morgan fingerprint density at radius 1 is 1.41 bits per heavy atom. The summed E-state index contributed by atoms with van der Waals surface area (Å²) in [5, 5.41) is 0. The van der Waals surface area contributed by atoms with Crippen LogP contribution < -0.4 is 4.72 Å². The van der Waals surface area contributed by atoms with Crippen LogP contribution in [0.25, 0.3) is 0 Å². The predicted molar refractivity (Wildman–Crippen MR) is 68.5 cm³/mol. The fourth-order valence-corrected chi connectivity index (χ4v) is 2.87. The van der Waals surface area contributed by atoms with Crippen LogP contribution in [-0.2, 0) is 17.8 Å². The Morgan fingerprint density at radius 3 is 2.76 bits per heavy atom. The second kappa shape index (κ2) is 4.59. The Balaban J connectivity index is 2.12. The molecule has 94 valence electrons. The number of rotatable bonds is 2. The molecule has 0 unspecified atom stereocenters. The van der Waals surface area contributed by atoms with Crippen LogP contribution in [0.5, 0.6) is 0 Å². The molecule has 1 aromatic rings. The molecule has 0 aromatic heterocycles. The summed E-state index contributed by atoms with van der Waals surface area (Å²) < 4.78 is 28.0. The van der Waals surface area contributed by atoms with Crippen LogP contribution in [0.4, 0.5) is 4.39 Å². The highest BCUT2D eigenvalue weighted by atomic mass is 32.2. The van der Waals surface area contributed by atoms with Gasteiger partial charge in [0.05, 0.1) is 6.04 Å². The van der Waals surface area contributed by atoms with Crippen LogP contribution in [-0.4, -0.2) is 9.30 Å². The molecular formula is C13H18FNOS. The van der Waals surface area contributed by atoms with Gasteiger partial charge >= 0.3 is 0 Å². The van der Waals surface area contributed by atoms with Crippen molar-refractivity contribution in [3.8, 4) is 0 Å². The molecule has 0 saturated heterocycles. The Hall–Kier alpha value is -0.580. The number of nitrogens with one attached hydrogen (secondary N) is 1. The first-order valence-corrected chi connectivity index (χ1v) is 6.99. The lowest BCUT2D eigenvalue weighted by Gasteiger charge is -2.26. The van der Waals surface area contributed by atoms with E-state index in [1.807, 2.05) is 20.8 Å². The topological polar surface area (TPSA) is 35.1 Å². The van der Waals surface area contributed by atoms with Crippen molar-refractivity contribution in [3.63, 3.8) is 0 Å². The second-order valence-electron chi connectivity index (χ2n) is 5.43. The molecule has 4 heteroatoms. The van der Waals surface area contributed by atoms with Gasteiger partial charge in [0, 0.05) is 11.4 Å². The van der Waals surface area contributed by atoms with Crippen molar-refractivity contribution in [2.24, 2.45) is 0 Å². The summed E-state index contributed by atoms with van der Waals surface area (Å²) in [6.45, 7) is 5.82. The highest BCUT2D eigenvalue weighted by molar-refractivity contribution is 7.90. The third kappa shape index (κ3) is 2.81. The van der Waals surface area contributed by atoms with Crippen molar-refractivity contribution < 1.29 is 8.94 Å². The molecule has 0 amide bonds. The van der Waals surface area contributed by atoms with Crippen molar-refractivity contribution in [2.45, 2.75) is 44.4 Å². The molecule has 2 rings (SSSR count). The molecule has 0 saturated carbocycles. The largest absolute Gasteiger partial charge is 0.598 e. The number of aryl methyl sites for hydroxylation is 1. The summed E-state index contributed by atoms with van der Waals surface area (Å²) in [5.74, 6) is -0.193. The van der Waals surface area contributed by atoms with E-state index in [0.29, 0.717) is 0 Å². The fraction of sp³-hybridized carbons (Fsp3) is 0.538. The molecule has 0 spiro atoms. The van der Waals surface area contributed by atoms with Gasteiger partial charge in [-0.2, -0.15) is 0 Å². The third-order valence-corrected chi connectivity index (χ3v) is 4.60. The molecule has 0 aliphatic heterocycles. The van der Waals surface area contributed by atoms with Gasteiger partial charge in [0.15, 0.2) is 0 Å². The SMILES string of the molecule is CC(C)(C)[S@@+]([O-])N[C@@H]1CCc2cc(F)ccc21. The minimum atomic E-state index is -1.08. The van der Waals surface area contributed by atoms with Gasteiger partial charge in [-0.25, -0.2) is 4.39 Å². The summed E-state index contributed by atoms with van der Waals surface area (Å²) in [6, 6.07) is 4.94. The molecule has 1 aromatic carbocycles. The summed E-state index contributed by atoms with van der Waals surface area (Å²) >= 11 is -1.08. The quantitative estimate of drug-likeness (QED) is 0.825. The van der Waals surface area contributed by atoms with Gasteiger partial charge in [-0.05, 0) is 56.9 Å². The first-order valence-electron chi connectivity index (χ1n) is 5.84. The van der Waals surface area contributed by atoms with E-state index in [0.717, 1.165) is 24.0 Å². The van der Waals surface area contributed by atoms with Gasteiger partial charge in [0.1, 0.15) is 10.6 Å². The number of benzene rings is 1. The monoisotopic (exact) mass is 255 g/mol. The van der Waals surface area contributed by atoms with E-state index in [-0.39, 0.29) is 16.6 Å². The van der Waals surface area contributed by atoms with Crippen LogP contribution in [0.2, 0.25) is 0 Å². The lowest BCUT2D eigenvalue weighted by Crippen LogP contribution is -2.40. The number of hydrogen-bond acceptors (Lipinski definition) is 2. The first kappa shape index (κ1) is 12.9. The number of halogens is 1. The standard InChI is InChI=1S/C13H18FNOS/c1-13(2,3)17(16)15-12-7-4-9-8-10(14)5-6-11(9)12/h5-6,8,12,15H,4,7H2,1-3H3/t12-,17-/m1/s1. The zero-order chi connectivity index (χ0) is 12.6. The van der Waals surface area contributed by atoms with Crippen molar-refractivity contribution in [2.75, 3.05) is 0 Å². The molecule has 2 atom stereocenters. The van der Waals surface area contributed by atoms with E-state index in [1.165, 1.54) is 6.07 Å². The van der Waals surface area contributed by atoms with E-state index >= 15 is 0 Å². The lowest BCUT2D eigenvalue weighted by molar-refractivity contribution is 0.522. The predicted octanol–water partition coefficient (Wildman–Crippen LogP) is 2.86. The lowest BCUT2D eigenvalue weighted by atomic mass is 10.1. The van der Waals surface area contributed by atoms with Crippen LogP contribution in [0.3, 0.4) is 0 Å². The maximum absolute atomic E-state index is 13.1. The van der Waals surface area contributed by atoms with E-state index < -0.39 is 11.4 Å². The Kier molecular flexibility index (Phi) is 3.48. The van der Waals surface area contributed by atoms with Gasteiger partial charge in [-0.15, -0.1) is 4.72 Å². The summed E-state index contributed by atoms with van der Waals surface area (Å²) in [6.07, 6.45) is 1.74. The van der Waals surface area contributed by atoms with Crippen LogP contribution >= 0.6 is 0 Å². The van der Waals surface area contributed by atoms with E-state index in [9.17, 15) is 8.94 Å². The van der Waals surface area contributed by atoms with E-state index in [4.69, 9.17) is 0 Å². The van der Waals surface area contributed by atoms with Gasteiger partial charge in [-0.3, -0.25) is 0 Å². The maximum Gasteiger partial charge on any atom is 0.136 e. The molecule has 0 heterocycles. The van der Waals surface area contributed by atoms with Gasteiger partial charge in [0.25, 0.3) is 0 Å². The Labute approximate surface area is 105 Å². The van der Waals surface area contributed by atoms with Crippen molar-refractivity contribution in [3.05, 3.63) is 35.1 Å². The van der Waals surface area contributed by atoms with E-state index in [1.54, 1.807) is 12.1 Å². The van der Waals surface area contributed by atoms with E-state index in [2.05, 4.69) is 4.72 Å². The zero-order valence-electron chi connectivity index (χ0n) is 10.4. The molecule has 0 bridgehead atoms. The summed E-state index contributed by atoms with van der Waals surface area (Å²) in [5.41, 5.74) is 2.12. The summed E-state index contributed by atoms with van der Waals surface area (Å²) in [4.78, 5) is 0. The molecule has 1 N–H and O–H groups in total. The molecule has 0 fully saturated rings. The minimum absolute atomic E-state index is 0.0886. The molecule has 2 nitrogen and oxygen atoms in total. The number of fused-ring (bicyclic) bond motifs is 1. The highest BCUT2D eigenvalue weighted by Crippen LogP contribution is 2.33. The molecule has 17 heavy (non-hydrogen) atoms. The van der Waals surface area contributed by atoms with Gasteiger partial charge in [0.2, 0.25) is 0 Å². The first-order chi connectivity index (χ1) is 7.88. The van der Waals surface area contributed by atoms with Crippen LogP contribution in [0.15, 0.2) is 18.2 Å². The average molecular weight is 255 g/mol. The molecular weight excluding hydrogens is 237 g/mol. The van der Waals surface area contributed by atoms with Gasteiger partial charge < -0.3 is 4.55 Å². The zero-order valence-corrected chi connectivity index (χ0v) is 11.2. The van der Waals surface area contributed by atoms with Gasteiger partial charge in [-0.1, -0.05) is 6.07 Å². The highest BCUT2D eigenvalue weighted by Gasteiger charge is 2.32. The van der Waals surface area contributed by atoms with Crippen LogP contribution in [0, 0.1) is 5.82 Å². The van der Waals surface area contributed by atoms with Crippen molar-refractivity contribution >= 4 is 11.4 Å². The second-order valence-corrected chi connectivity index (χ2v) is 7.43. The van der Waals surface area contributed by atoms with Crippen molar-refractivity contribution in [1.82, 2.24) is 4.72 Å². The Bertz CT molecular complexity index is 416. The fourth-order valence-electron chi connectivity index (χ4n) is 2.01. The molecule has 1 aliphatic rings. The average Bonchev–Trinajstić information content (AvgIpc) is 2.59. The normalized spacial score (nSPS) is 21.4. The number of hydrogen-bond donors (Lipinski definition) is 1. The van der Waals surface area contributed by atoms with Crippen molar-refractivity contribution in [1.29, 1.82) is 0 Å². The smallest absolute Gasteiger partial charge is 0.136 e. The maximum atomic E-state index is 13.1. The molecule has 1 aliphatic carbocycles. The Morgan fingerprint density at radius 2 is 2.12 bits per heavy atom. The van der Waals surface area contributed by atoms with Crippen LogP contribution in [0.1, 0.15) is 44.4 Å². The summed E-state index contributed by atoms with van der Waals surface area (Å²) in [7, 11) is 0. The minimum Gasteiger partial charge on any atom is -0.598 e. The third-order valence-electron chi connectivity index (χ3n) is 2.99.